The van der Waals surface area contributed by atoms with E-state index in [0.29, 0.717) is 5.76 Å². The second-order valence-electron chi connectivity index (χ2n) is 3.89. The van der Waals surface area contributed by atoms with E-state index in [1.54, 1.807) is 13.0 Å². The summed E-state index contributed by atoms with van der Waals surface area (Å²) in [6.07, 6.45) is 4.58. The van der Waals surface area contributed by atoms with Crippen LogP contribution in [0.5, 0.6) is 0 Å². The molecule has 0 unspecified atom stereocenters. The third-order valence-corrected chi connectivity index (χ3v) is 2.41. The van der Waals surface area contributed by atoms with Crippen molar-refractivity contribution in [3.05, 3.63) is 59.4 Å². The second kappa shape index (κ2) is 9.23. The Hall–Kier alpha value is -1.83. The van der Waals surface area contributed by atoms with E-state index in [-0.39, 0.29) is 5.78 Å². The van der Waals surface area contributed by atoms with Gasteiger partial charge in [0, 0.05) is 5.56 Å². The average Bonchev–Trinajstić information content (AvgIpc) is 2.39. The number of carbonyl (C=O) groups is 1. The molecule has 18 heavy (non-hydrogen) atoms. The standard InChI is InChI=1S/C8H8O.C8H14O/c1-7(9)8-5-3-2-4-6-8;1-4-6-8(9)7(3)5-2/h2-6H,1H3;5-6,9H,4H2,1-3H3/b;7-5-,8-6+. The zero-order valence-corrected chi connectivity index (χ0v) is 11.6. The van der Waals surface area contributed by atoms with Gasteiger partial charge in [-0.1, -0.05) is 43.3 Å². The van der Waals surface area contributed by atoms with E-state index < -0.39 is 0 Å². The Morgan fingerprint density at radius 2 is 1.78 bits per heavy atom. The number of ketones is 1. The van der Waals surface area contributed by atoms with E-state index in [1.807, 2.05) is 57.2 Å². The Morgan fingerprint density at radius 1 is 1.22 bits per heavy atom. The van der Waals surface area contributed by atoms with Crippen LogP contribution in [0.3, 0.4) is 0 Å². The predicted octanol–water partition coefficient (Wildman–Crippen LogP) is 4.69. The van der Waals surface area contributed by atoms with Crippen LogP contribution in [0.15, 0.2) is 53.8 Å². The van der Waals surface area contributed by atoms with Crippen molar-refractivity contribution < 1.29 is 9.90 Å². The van der Waals surface area contributed by atoms with Gasteiger partial charge in [0.1, 0.15) is 5.76 Å². The van der Waals surface area contributed by atoms with Gasteiger partial charge in [-0.25, -0.2) is 0 Å². The first kappa shape index (κ1) is 16.2. The zero-order valence-electron chi connectivity index (χ0n) is 11.6. The van der Waals surface area contributed by atoms with Crippen molar-refractivity contribution in [3.8, 4) is 0 Å². The highest BCUT2D eigenvalue weighted by Gasteiger charge is 1.92. The third kappa shape index (κ3) is 6.69. The van der Waals surface area contributed by atoms with Gasteiger partial charge >= 0.3 is 0 Å². The van der Waals surface area contributed by atoms with Crippen molar-refractivity contribution in [2.24, 2.45) is 0 Å². The lowest BCUT2D eigenvalue weighted by molar-refractivity contribution is 0.101. The van der Waals surface area contributed by atoms with Gasteiger partial charge in [0.05, 0.1) is 0 Å². The molecule has 0 saturated heterocycles. The summed E-state index contributed by atoms with van der Waals surface area (Å²) in [5.74, 6) is 0.524. The number of allylic oxidation sites excluding steroid dienone is 3. The van der Waals surface area contributed by atoms with Gasteiger partial charge in [-0.15, -0.1) is 0 Å². The number of carbonyl (C=O) groups excluding carboxylic acids is 1. The van der Waals surface area contributed by atoms with Crippen LogP contribution in [0, 0.1) is 0 Å². The highest BCUT2D eigenvalue weighted by Crippen LogP contribution is 2.04. The normalized spacial score (nSPS) is 11.6. The summed E-state index contributed by atoms with van der Waals surface area (Å²) in [4.78, 5) is 10.6. The molecule has 0 spiro atoms. The minimum absolute atomic E-state index is 0.121. The molecule has 0 atom stereocenters. The summed E-state index contributed by atoms with van der Waals surface area (Å²) in [5, 5.41) is 9.11. The lowest BCUT2D eigenvalue weighted by atomic mass is 10.2. The lowest BCUT2D eigenvalue weighted by Gasteiger charge is -1.95. The molecule has 0 aliphatic heterocycles. The highest BCUT2D eigenvalue weighted by molar-refractivity contribution is 5.93. The largest absolute Gasteiger partial charge is 0.508 e. The van der Waals surface area contributed by atoms with Crippen LogP contribution in [-0.2, 0) is 0 Å². The SMILES string of the molecule is C/C=C(C)\C(O)=C/CC.CC(=O)c1ccccc1. The Balaban J connectivity index is 0.000000321. The molecular weight excluding hydrogens is 224 g/mol. The number of hydrogen-bond donors (Lipinski definition) is 1. The summed E-state index contributed by atoms with van der Waals surface area (Å²) in [6.45, 7) is 7.37. The average molecular weight is 246 g/mol. The topological polar surface area (TPSA) is 37.3 Å². The summed E-state index contributed by atoms with van der Waals surface area (Å²) >= 11 is 0. The predicted molar refractivity (Wildman–Crippen MR) is 76.9 cm³/mol. The Bertz CT molecular complexity index is 414. The number of Topliss-reactive ketones (excluding diaryl/α,β-unsaturated/α-hetero) is 1. The summed E-state index contributed by atoms with van der Waals surface area (Å²) < 4.78 is 0. The van der Waals surface area contributed by atoms with Crippen molar-refractivity contribution >= 4 is 5.78 Å². The summed E-state index contributed by atoms with van der Waals surface area (Å²) in [6, 6.07) is 9.23. The fraction of sp³-hybridized carbons (Fsp3) is 0.312. The summed E-state index contributed by atoms with van der Waals surface area (Å²) in [5.41, 5.74) is 1.72. The maximum atomic E-state index is 10.6. The van der Waals surface area contributed by atoms with Crippen LogP contribution in [0.25, 0.3) is 0 Å². The zero-order chi connectivity index (χ0) is 14.0. The molecule has 0 amide bonds. The number of rotatable bonds is 3. The smallest absolute Gasteiger partial charge is 0.159 e. The lowest BCUT2D eigenvalue weighted by Crippen LogP contribution is -1.88. The van der Waals surface area contributed by atoms with Gasteiger partial charge < -0.3 is 5.11 Å². The van der Waals surface area contributed by atoms with Gasteiger partial charge in [-0.3, -0.25) is 4.79 Å². The van der Waals surface area contributed by atoms with Gasteiger partial charge in [0.25, 0.3) is 0 Å². The van der Waals surface area contributed by atoms with Crippen molar-refractivity contribution in [2.45, 2.75) is 34.1 Å². The molecule has 0 saturated carbocycles. The molecule has 1 aromatic rings. The second-order valence-corrected chi connectivity index (χ2v) is 3.89. The maximum absolute atomic E-state index is 10.6. The molecule has 0 aliphatic rings. The third-order valence-electron chi connectivity index (χ3n) is 2.41. The molecule has 1 N–H and O–H groups in total. The number of aliphatic hydroxyl groups excluding tert-OH is 1. The Labute approximate surface area is 110 Å². The fourth-order valence-electron chi connectivity index (χ4n) is 1.18. The van der Waals surface area contributed by atoms with Crippen molar-refractivity contribution in [3.63, 3.8) is 0 Å². The van der Waals surface area contributed by atoms with Crippen LogP contribution in [0.2, 0.25) is 0 Å². The van der Waals surface area contributed by atoms with Crippen molar-refractivity contribution in [1.29, 1.82) is 0 Å². The number of aliphatic hydroxyl groups is 1. The van der Waals surface area contributed by atoms with Crippen LogP contribution in [-0.4, -0.2) is 10.9 Å². The van der Waals surface area contributed by atoms with Crippen LogP contribution < -0.4 is 0 Å². The van der Waals surface area contributed by atoms with Crippen LogP contribution >= 0.6 is 0 Å². The van der Waals surface area contributed by atoms with E-state index in [1.165, 1.54) is 0 Å². The molecule has 0 bridgehead atoms. The Kier molecular flexibility index (Phi) is 8.29. The summed E-state index contributed by atoms with van der Waals surface area (Å²) in [7, 11) is 0. The molecule has 0 radical (unpaired) electrons. The van der Waals surface area contributed by atoms with Crippen LogP contribution in [0.1, 0.15) is 44.5 Å². The molecule has 98 valence electrons. The quantitative estimate of drug-likeness (QED) is 0.477. The maximum Gasteiger partial charge on any atom is 0.159 e. The molecule has 2 nitrogen and oxygen atoms in total. The van der Waals surface area contributed by atoms with Crippen molar-refractivity contribution in [1.82, 2.24) is 0 Å². The van der Waals surface area contributed by atoms with E-state index in [2.05, 4.69) is 0 Å². The minimum atomic E-state index is 0.121. The van der Waals surface area contributed by atoms with E-state index in [9.17, 15) is 4.79 Å². The number of hydrogen-bond acceptors (Lipinski definition) is 2. The van der Waals surface area contributed by atoms with Gasteiger partial charge in [-0.05, 0) is 38.8 Å². The molecule has 2 heteroatoms. The van der Waals surface area contributed by atoms with Gasteiger partial charge in [0.2, 0.25) is 0 Å². The van der Waals surface area contributed by atoms with Crippen LogP contribution in [0.4, 0.5) is 0 Å². The molecule has 1 aromatic carbocycles. The molecule has 0 fully saturated rings. The molecule has 0 aromatic heterocycles. The first-order chi connectivity index (χ1) is 8.52. The first-order valence-corrected chi connectivity index (χ1v) is 6.11. The fourth-order valence-corrected chi connectivity index (χ4v) is 1.18. The van der Waals surface area contributed by atoms with Gasteiger partial charge in [0.15, 0.2) is 5.78 Å². The highest BCUT2D eigenvalue weighted by atomic mass is 16.3. The number of benzene rings is 1. The monoisotopic (exact) mass is 246 g/mol. The molecular formula is C16H22O2. The van der Waals surface area contributed by atoms with Crippen molar-refractivity contribution in [2.75, 3.05) is 0 Å². The Morgan fingerprint density at radius 3 is 2.11 bits per heavy atom. The molecule has 1 rings (SSSR count). The first-order valence-electron chi connectivity index (χ1n) is 6.11. The van der Waals surface area contributed by atoms with E-state index in [0.717, 1.165) is 17.6 Å². The molecule has 0 aliphatic carbocycles. The van der Waals surface area contributed by atoms with Gasteiger partial charge in [-0.2, -0.15) is 0 Å². The minimum Gasteiger partial charge on any atom is -0.508 e. The van der Waals surface area contributed by atoms with E-state index in [4.69, 9.17) is 5.11 Å². The van der Waals surface area contributed by atoms with E-state index >= 15 is 0 Å². The molecule has 0 heterocycles.